The number of Topliss-reactive ketones (excluding diaryl/α,β-unsaturated/α-hetero) is 2. The standard InChI is InChI=1S/C13H23NO2/c1-6-7-8-13(16)12(9-14(4)5)10(2)11(3)15/h6-9H2,1-5H3/b12-10-. The molecule has 0 aromatic carbocycles. The molecule has 0 N–H and O–H groups in total. The summed E-state index contributed by atoms with van der Waals surface area (Å²) < 4.78 is 0. The van der Waals surface area contributed by atoms with Crippen LogP contribution in [0.2, 0.25) is 0 Å². The fourth-order valence-corrected chi connectivity index (χ4v) is 1.43. The van der Waals surface area contributed by atoms with Crippen molar-refractivity contribution < 1.29 is 9.59 Å². The summed E-state index contributed by atoms with van der Waals surface area (Å²) >= 11 is 0. The molecule has 0 aromatic heterocycles. The molecular formula is C13H23NO2. The molecule has 0 aliphatic carbocycles. The van der Waals surface area contributed by atoms with Crippen LogP contribution in [0.4, 0.5) is 0 Å². The van der Waals surface area contributed by atoms with Crippen LogP contribution in [-0.4, -0.2) is 37.1 Å². The molecule has 0 atom stereocenters. The van der Waals surface area contributed by atoms with E-state index < -0.39 is 0 Å². The van der Waals surface area contributed by atoms with Gasteiger partial charge in [0.05, 0.1) is 0 Å². The van der Waals surface area contributed by atoms with Crippen molar-refractivity contribution in [3.63, 3.8) is 0 Å². The van der Waals surface area contributed by atoms with E-state index in [1.165, 1.54) is 6.92 Å². The van der Waals surface area contributed by atoms with Gasteiger partial charge in [0.1, 0.15) is 0 Å². The fraction of sp³-hybridized carbons (Fsp3) is 0.692. The monoisotopic (exact) mass is 225 g/mol. The maximum atomic E-state index is 11.9. The number of carbonyl (C=O) groups is 2. The summed E-state index contributed by atoms with van der Waals surface area (Å²) in [6.07, 6.45) is 2.44. The second kappa shape index (κ2) is 7.34. The van der Waals surface area contributed by atoms with Gasteiger partial charge < -0.3 is 4.90 Å². The minimum atomic E-state index is -0.0123. The van der Waals surface area contributed by atoms with Gasteiger partial charge in [-0.05, 0) is 39.9 Å². The fourth-order valence-electron chi connectivity index (χ4n) is 1.43. The molecule has 0 radical (unpaired) electrons. The molecule has 0 bridgehead atoms. The molecule has 0 rings (SSSR count). The summed E-state index contributed by atoms with van der Waals surface area (Å²) in [6.45, 7) is 5.86. The Labute approximate surface area is 98.5 Å². The topological polar surface area (TPSA) is 37.4 Å². The summed E-state index contributed by atoms with van der Waals surface area (Å²) in [5.41, 5.74) is 1.28. The second-order valence-corrected chi connectivity index (χ2v) is 4.42. The Morgan fingerprint density at radius 3 is 2.06 bits per heavy atom. The zero-order chi connectivity index (χ0) is 12.7. The molecule has 0 saturated carbocycles. The van der Waals surface area contributed by atoms with Crippen molar-refractivity contribution in [1.29, 1.82) is 0 Å². The predicted octanol–water partition coefficient (Wildman–Crippen LogP) is 2.21. The molecule has 3 heteroatoms. The number of rotatable bonds is 7. The zero-order valence-electron chi connectivity index (χ0n) is 11.1. The van der Waals surface area contributed by atoms with E-state index in [9.17, 15) is 9.59 Å². The SMILES string of the molecule is CCCCC(=O)/C(CN(C)C)=C(/C)C(C)=O. The highest BCUT2D eigenvalue weighted by atomic mass is 16.1. The lowest BCUT2D eigenvalue weighted by atomic mass is 9.98. The van der Waals surface area contributed by atoms with Crippen LogP contribution in [0.1, 0.15) is 40.0 Å². The van der Waals surface area contributed by atoms with E-state index in [0.717, 1.165) is 12.8 Å². The average molecular weight is 225 g/mol. The summed E-state index contributed by atoms with van der Waals surface area (Å²) in [6, 6.07) is 0. The summed E-state index contributed by atoms with van der Waals surface area (Å²) in [5.74, 6) is 0.102. The van der Waals surface area contributed by atoms with Gasteiger partial charge >= 0.3 is 0 Å². The molecule has 0 spiro atoms. The number of unbranched alkanes of at least 4 members (excludes halogenated alkanes) is 1. The first-order valence-corrected chi connectivity index (χ1v) is 5.78. The molecule has 16 heavy (non-hydrogen) atoms. The highest BCUT2D eigenvalue weighted by Gasteiger charge is 2.15. The first-order valence-electron chi connectivity index (χ1n) is 5.78. The Hall–Kier alpha value is -0.960. The molecule has 0 unspecified atom stereocenters. The van der Waals surface area contributed by atoms with E-state index in [4.69, 9.17) is 0 Å². The maximum absolute atomic E-state index is 11.9. The number of likely N-dealkylation sites (N-methyl/N-ethyl adjacent to an activating group) is 1. The Balaban J connectivity index is 4.87. The highest BCUT2D eigenvalue weighted by Crippen LogP contribution is 2.12. The van der Waals surface area contributed by atoms with Crippen LogP contribution < -0.4 is 0 Å². The van der Waals surface area contributed by atoms with Crippen LogP contribution in [0.15, 0.2) is 11.1 Å². The molecule has 0 fully saturated rings. The van der Waals surface area contributed by atoms with Crippen molar-refractivity contribution in [3.05, 3.63) is 11.1 Å². The van der Waals surface area contributed by atoms with Gasteiger partial charge in [0.2, 0.25) is 0 Å². The van der Waals surface area contributed by atoms with Gasteiger partial charge in [0.15, 0.2) is 11.6 Å². The molecule has 92 valence electrons. The van der Waals surface area contributed by atoms with E-state index in [1.807, 2.05) is 19.0 Å². The lowest BCUT2D eigenvalue weighted by molar-refractivity contribution is -0.117. The van der Waals surface area contributed by atoms with Gasteiger partial charge in [-0.2, -0.15) is 0 Å². The summed E-state index contributed by atoms with van der Waals surface area (Å²) in [4.78, 5) is 25.2. The highest BCUT2D eigenvalue weighted by molar-refractivity contribution is 6.05. The van der Waals surface area contributed by atoms with Crippen LogP contribution >= 0.6 is 0 Å². The molecule has 0 saturated heterocycles. The van der Waals surface area contributed by atoms with Crippen molar-refractivity contribution >= 4 is 11.6 Å². The van der Waals surface area contributed by atoms with E-state index in [2.05, 4.69) is 6.92 Å². The third kappa shape index (κ3) is 5.21. The van der Waals surface area contributed by atoms with Crippen LogP contribution in [-0.2, 0) is 9.59 Å². The van der Waals surface area contributed by atoms with Crippen LogP contribution in [0.3, 0.4) is 0 Å². The van der Waals surface area contributed by atoms with Gasteiger partial charge in [0, 0.05) is 18.5 Å². The smallest absolute Gasteiger partial charge is 0.160 e. The van der Waals surface area contributed by atoms with Crippen molar-refractivity contribution in [2.45, 2.75) is 40.0 Å². The number of hydrogen-bond donors (Lipinski definition) is 0. The van der Waals surface area contributed by atoms with Crippen molar-refractivity contribution in [2.75, 3.05) is 20.6 Å². The lowest BCUT2D eigenvalue weighted by Crippen LogP contribution is -2.22. The normalized spacial score (nSPS) is 12.6. The van der Waals surface area contributed by atoms with Crippen molar-refractivity contribution in [2.24, 2.45) is 0 Å². The number of carbonyl (C=O) groups excluding carboxylic acids is 2. The van der Waals surface area contributed by atoms with Crippen LogP contribution in [0, 0.1) is 0 Å². The molecule has 3 nitrogen and oxygen atoms in total. The van der Waals surface area contributed by atoms with Gasteiger partial charge in [-0.1, -0.05) is 13.3 Å². The number of nitrogens with zero attached hydrogens (tertiary/aromatic N) is 1. The van der Waals surface area contributed by atoms with Crippen LogP contribution in [0.5, 0.6) is 0 Å². The second-order valence-electron chi connectivity index (χ2n) is 4.42. The number of ketones is 2. The third-order valence-electron chi connectivity index (χ3n) is 2.55. The minimum absolute atomic E-state index is 0.0123. The van der Waals surface area contributed by atoms with Crippen molar-refractivity contribution in [3.8, 4) is 0 Å². The summed E-state index contributed by atoms with van der Waals surface area (Å²) in [5, 5.41) is 0. The molecule has 0 aromatic rings. The van der Waals surface area contributed by atoms with E-state index in [0.29, 0.717) is 24.1 Å². The molecule has 0 amide bonds. The van der Waals surface area contributed by atoms with Crippen molar-refractivity contribution in [1.82, 2.24) is 4.90 Å². The first-order chi connectivity index (χ1) is 7.40. The Bertz CT molecular complexity index is 290. The van der Waals surface area contributed by atoms with Gasteiger partial charge in [0.25, 0.3) is 0 Å². The van der Waals surface area contributed by atoms with Crippen LogP contribution in [0.25, 0.3) is 0 Å². The molecular weight excluding hydrogens is 202 g/mol. The molecule has 0 heterocycles. The van der Waals surface area contributed by atoms with E-state index in [1.54, 1.807) is 6.92 Å². The van der Waals surface area contributed by atoms with Gasteiger partial charge in [-0.15, -0.1) is 0 Å². The predicted molar refractivity (Wildman–Crippen MR) is 66.5 cm³/mol. The van der Waals surface area contributed by atoms with Gasteiger partial charge in [-0.25, -0.2) is 0 Å². The maximum Gasteiger partial charge on any atom is 0.160 e. The lowest BCUT2D eigenvalue weighted by Gasteiger charge is -2.14. The van der Waals surface area contributed by atoms with Gasteiger partial charge in [-0.3, -0.25) is 9.59 Å². The minimum Gasteiger partial charge on any atom is -0.305 e. The average Bonchev–Trinajstić information content (AvgIpc) is 2.21. The van der Waals surface area contributed by atoms with E-state index in [-0.39, 0.29) is 11.6 Å². The quantitative estimate of drug-likeness (QED) is 0.623. The Kier molecular flexibility index (Phi) is 6.90. The zero-order valence-corrected chi connectivity index (χ0v) is 11.1. The summed E-state index contributed by atoms with van der Waals surface area (Å²) in [7, 11) is 3.81. The largest absolute Gasteiger partial charge is 0.305 e. The molecule has 0 aliphatic heterocycles. The van der Waals surface area contributed by atoms with E-state index >= 15 is 0 Å². The first kappa shape index (κ1) is 15.0. The molecule has 0 aliphatic rings. The third-order valence-corrected chi connectivity index (χ3v) is 2.55. The number of allylic oxidation sites excluding steroid dienone is 1. The Morgan fingerprint density at radius 1 is 1.12 bits per heavy atom. The number of hydrogen-bond acceptors (Lipinski definition) is 3. The Morgan fingerprint density at radius 2 is 1.69 bits per heavy atom.